The molecular formula is C12H17IO2. The highest BCUT2D eigenvalue weighted by Gasteiger charge is 2.19. The molecule has 0 aromatic heterocycles. The van der Waals surface area contributed by atoms with Crippen LogP contribution in [-0.2, 0) is 11.3 Å². The van der Waals surface area contributed by atoms with Gasteiger partial charge in [-0.2, -0.15) is 0 Å². The number of hydrogen-bond acceptors (Lipinski definition) is 2. The molecule has 0 aliphatic heterocycles. The van der Waals surface area contributed by atoms with Crippen LogP contribution in [0.4, 0.5) is 0 Å². The maximum Gasteiger partial charge on any atom is 0.0721 e. The summed E-state index contributed by atoms with van der Waals surface area (Å²) in [5, 5.41) is 9.40. The summed E-state index contributed by atoms with van der Waals surface area (Å²) in [4.78, 5) is 0. The summed E-state index contributed by atoms with van der Waals surface area (Å²) >= 11 is 2.23. The smallest absolute Gasteiger partial charge is 0.0721 e. The molecule has 15 heavy (non-hydrogen) atoms. The first-order valence-electron chi connectivity index (χ1n) is 5.09. The van der Waals surface area contributed by atoms with Gasteiger partial charge in [-0.3, -0.25) is 0 Å². The molecule has 84 valence electrons. The standard InChI is InChI=1S/C12H17IO2/c1-9(14)12(13)10(2)15-8-11-6-4-3-5-7-11/h3-7,9-10,12,14H,8H2,1-2H3/t9-,10?,12+/m0/s1. The lowest BCUT2D eigenvalue weighted by Gasteiger charge is -2.21. The second kappa shape index (κ2) is 6.45. The van der Waals surface area contributed by atoms with E-state index < -0.39 is 0 Å². The summed E-state index contributed by atoms with van der Waals surface area (Å²) in [7, 11) is 0. The van der Waals surface area contributed by atoms with Gasteiger partial charge in [0.15, 0.2) is 0 Å². The second-order valence-electron chi connectivity index (χ2n) is 3.69. The van der Waals surface area contributed by atoms with Gasteiger partial charge in [0, 0.05) is 0 Å². The van der Waals surface area contributed by atoms with Crippen LogP contribution in [0.25, 0.3) is 0 Å². The van der Waals surface area contributed by atoms with E-state index in [0.717, 1.165) is 0 Å². The molecule has 0 radical (unpaired) electrons. The average molecular weight is 320 g/mol. The molecule has 0 bridgehead atoms. The number of rotatable bonds is 5. The molecule has 0 spiro atoms. The van der Waals surface area contributed by atoms with Crippen molar-refractivity contribution in [3.63, 3.8) is 0 Å². The average Bonchev–Trinajstić information content (AvgIpc) is 2.26. The van der Waals surface area contributed by atoms with Crippen molar-refractivity contribution in [2.45, 2.75) is 36.6 Å². The molecule has 0 aliphatic carbocycles. The second-order valence-corrected chi connectivity index (χ2v) is 5.13. The third-order valence-corrected chi connectivity index (χ3v) is 4.32. The first-order chi connectivity index (χ1) is 7.11. The molecule has 1 N–H and O–H groups in total. The van der Waals surface area contributed by atoms with Crippen LogP contribution in [0.15, 0.2) is 30.3 Å². The lowest BCUT2D eigenvalue weighted by molar-refractivity contribution is 0.0291. The van der Waals surface area contributed by atoms with Crippen LogP contribution in [-0.4, -0.2) is 21.2 Å². The van der Waals surface area contributed by atoms with Gasteiger partial charge in [-0.15, -0.1) is 0 Å². The van der Waals surface area contributed by atoms with E-state index in [-0.39, 0.29) is 16.1 Å². The van der Waals surface area contributed by atoms with Crippen molar-refractivity contribution in [1.82, 2.24) is 0 Å². The largest absolute Gasteiger partial charge is 0.392 e. The molecule has 1 rings (SSSR count). The number of halogens is 1. The maximum absolute atomic E-state index is 9.40. The van der Waals surface area contributed by atoms with Crippen LogP contribution >= 0.6 is 22.6 Å². The Morgan fingerprint density at radius 3 is 2.40 bits per heavy atom. The Morgan fingerprint density at radius 1 is 1.27 bits per heavy atom. The lowest BCUT2D eigenvalue weighted by Crippen LogP contribution is -2.30. The van der Waals surface area contributed by atoms with Gasteiger partial charge in [0.2, 0.25) is 0 Å². The third-order valence-electron chi connectivity index (χ3n) is 2.27. The molecule has 0 aliphatic rings. The van der Waals surface area contributed by atoms with Gasteiger partial charge in [-0.25, -0.2) is 0 Å². The van der Waals surface area contributed by atoms with Gasteiger partial charge in [-0.05, 0) is 19.4 Å². The molecule has 2 nitrogen and oxygen atoms in total. The predicted octanol–water partition coefficient (Wildman–Crippen LogP) is 2.78. The van der Waals surface area contributed by atoms with Crippen molar-refractivity contribution in [3.05, 3.63) is 35.9 Å². The monoisotopic (exact) mass is 320 g/mol. The fourth-order valence-corrected chi connectivity index (χ4v) is 1.49. The minimum atomic E-state index is -0.337. The summed E-state index contributed by atoms with van der Waals surface area (Å²) in [6.45, 7) is 4.39. The molecule has 0 heterocycles. The number of alkyl halides is 1. The molecule has 3 atom stereocenters. The van der Waals surface area contributed by atoms with E-state index in [4.69, 9.17) is 4.74 Å². The Labute approximate surface area is 105 Å². The molecule has 0 amide bonds. The summed E-state index contributed by atoms with van der Waals surface area (Å²) in [5.41, 5.74) is 1.17. The Kier molecular flexibility index (Phi) is 5.56. The van der Waals surface area contributed by atoms with Gasteiger partial charge in [0.1, 0.15) is 0 Å². The maximum atomic E-state index is 9.40. The minimum Gasteiger partial charge on any atom is -0.392 e. The van der Waals surface area contributed by atoms with Crippen LogP contribution in [0, 0.1) is 0 Å². The molecular weight excluding hydrogens is 303 g/mol. The zero-order valence-electron chi connectivity index (χ0n) is 9.06. The number of ether oxygens (including phenoxy) is 1. The van der Waals surface area contributed by atoms with Crippen LogP contribution < -0.4 is 0 Å². The van der Waals surface area contributed by atoms with Gasteiger partial charge in [0.25, 0.3) is 0 Å². The molecule has 1 aromatic carbocycles. The number of hydrogen-bond donors (Lipinski definition) is 1. The fraction of sp³-hybridized carbons (Fsp3) is 0.500. The van der Waals surface area contributed by atoms with Gasteiger partial charge >= 0.3 is 0 Å². The quantitative estimate of drug-likeness (QED) is 0.668. The molecule has 0 saturated heterocycles. The Hall–Kier alpha value is -0.130. The summed E-state index contributed by atoms with van der Waals surface area (Å²) in [6.07, 6.45) is -0.276. The molecule has 0 saturated carbocycles. The number of benzene rings is 1. The van der Waals surface area contributed by atoms with Gasteiger partial charge < -0.3 is 9.84 Å². The molecule has 3 heteroatoms. The zero-order valence-corrected chi connectivity index (χ0v) is 11.2. The lowest BCUT2D eigenvalue weighted by atomic mass is 10.2. The van der Waals surface area contributed by atoms with Crippen molar-refractivity contribution in [3.8, 4) is 0 Å². The first kappa shape index (κ1) is 12.9. The van der Waals surface area contributed by atoms with Crippen molar-refractivity contribution in [2.24, 2.45) is 0 Å². The van der Waals surface area contributed by atoms with Crippen LogP contribution in [0.3, 0.4) is 0 Å². The van der Waals surface area contributed by atoms with E-state index in [1.807, 2.05) is 37.3 Å². The first-order valence-corrected chi connectivity index (χ1v) is 6.33. The Morgan fingerprint density at radius 2 is 1.87 bits per heavy atom. The SMILES string of the molecule is CC(OCc1ccccc1)[C@H](I)[C@H](C)O. The number of aliphatic hydroxyl groups is 1. The Balaban J connectivity index is 2.37. The summed E-state index contributed by atoms with van der Waals surface area (Å²) < 4.78 is 5.81. The summed E-state index contributed by atoms with van der Waals surface area (Å²) in [5.74, 6) is 0. The molecule has 0 fully saturated rings. The molecule has 1 unspecified atom stereocenters. The van der Waals surface area contributed by atoms with Gasteiger partial charge in [-0.1, -0.05) is 52.9 Å². The van der Waals surface area contributed by atoms with Crippen molar-refractivity contribution in [2.75, 3.05) is 0 Å². The van der Waals surface area contributed by atoms with Crippen LogP contribution in [0.1, 0.15) is 19.4 Å². The van der Waals surface area contributed by atoms with Crippen molar-refractivity contribution >= 4 is 22.6 Å². The predicted molar refractivity (Wildman–Crippen MR) is 70.2 cm³/mol. The normalized spacial score (nSPS) is 17.1. The van der Waals surface area contributed by atoms with E-state index in [0.29, 0.717) is 6.61 Å². The third kappa shape index (κ3) is 4.49. The highest BCUT2D eigenvalue weighted by molar-refractivity contribution is 14.1. The van der Waals surface area contributed by atoms with E-state index >= 15 is 0 Å². The van der Waals surface area contributed by atoms with E-state index in [1.54, 1.807) is 6.92 Å². The van der Waals surface area contributed by atoms with E-state index in [1.165, 1.54) is 5.56 Å². The van der Waals surface area contributed by atoms with Crippen molar-refractivity contribution < 1.29 is 9.84 Å². The van der Waals surface area contributed by atoms with E-state index in [2.05, 4.69) is 22.6 Å². The number of aliphatic hydroxyl groups excluding tert-OH is 1. The van der Waals surface area contributed by atoms with Crippen LogP contribution in [0.5, 0.6) is 0 Å². The molecule has 1 aromatic rings. The van der Waals surface area contributed by atoms with Gasteiger partial charge in [0.05, 0.1) is 22.7 Å². The highest BCUT2D eigenvalue weighted by atomic mass is 127. The Bertz CT molecular complexity index is 274. The highest BCUT2D eigenvalue weighted by Crippen LogP contribution is 2.15. The fourth-order valence-electron chi connectivity index (χ4n) is 1.29. The topological polar surface area (TPSA) is 29.5 Å². The van der Waals surface area contributed by atoms with Crippen LogP contribution in [0.2, 0.25) is 0 Å². The minimum absolute atomic E-state index is 0.0609. The zero-order chi connectivity index (χ0) is 11.3. The van der Waals surface area contributed by atoms with E-state index in [9.17, 15) is 5.11 Å². The summed E-state index contributed by atoms with van der Waals surface area (Å²) in [6, 6.07) is 10.1. The van der Waals surface area contributed by atoms with Crippen molar-refractivity contribution in [1.29, 1.82) is 0 Å².